The molecule has 2 N–H and O–H groups in total. The lowest BCUT2D eigenvalue weighted by Crippen LogP contribution is -2.35. The highest BCUT2D eigenvalue weighted by Crippen LogP contribution is 2.23. The van der Waals surface area contributed by atoms with Crippen LogP contribution in [0.1, 0.15) is 22.3 Å². The Morgan fingerprint density at radius 2 is 1.86 bits per heavy atom. The molecule has 1 aromatic heterocycles. The zero-order valence-electron chi connectivity index (χ0n) is 15.0. The second-order valence-corrected chi connectivity index (χ2v) is 6.04. The second kappa shape index (κ2) is 8.70. The highest BCUT2D eigenvalue weighted by Gasteiger charge is 2.18. The highest BCUT2D eigenvalue weighted by molar-refractivity contribution is 5.94. The van der Waals surface area contributed by atoms with Crippen LogP contribution in [0.5, 0.6) is 0 Å². The lowest BCUT2D eigenvalue weighted by Gasteiger charge is -2.11. The molecule has 6 nitrogen and oxygen atoms in total. The van der Waals surface area contributed by atoms with Gasteiger partial charge in [0.05, 0.1) is 18.0 Å². The Balaban J connectivity index is 2.16. The number of benzene rings is 2. The number of aliphatic hydroxyl groups excluding tert-OH is 1. The monoisotopic (exact) mass is 403 g/mol. The largest absolute Gasteiger partial charge is 0.395 e. The summed E-state index contributed by atoms with van der Waals surface area (Å²) in [4.78, 5) is 25.1. The average molecular weight is 403 g/mol. The molecule has 0 unspecified atom stereocenters. The molecule has 3 aromatic rings. The lowest BCUT2D eigenvalue weighted by atomic mass is 10.1. The van der Waals surface area contributed by atoms with E-state index in [1.807, 2.05) is 0 Å². The molecule has 1 amide bonds. The third-order valence-electron chi connectivity index (χ3n) is 4.06. The van der Waals surface area contributed by atoms with Crippen LogP contribution in [-0.4, -0.2) is 33.9 Å². The van der Waals surface area contributed by atoms with Gasteiger partial charge in [0.2, 0.25) is 0 Å². The molecule has 0 aliphatic heterocycles. The third kappa shape index (κ3) is 4.52. The number of nitrogens with one attached hydrogen (secondary N) is 1. The van der Waals surface area contributed by atoms with Crippen molar-refractivity contribution < 1.29 is 23.1 Å². The van der Waals surface area contributed by atoms with E-state index in [1.165, 1.54) is 48.5 Å². The van der Waals surface area contributed by atoms with E-state index in [0.29, 0.717) is 5.56 Å². The zero-order chi connectivity index (χ0) is 21.0. The van der Waals surface area contributed by atoms with E-state index < -0.39 is 23.7 Å². The fourth-order valence-electron chi connectivity index (χ4n) is 2.65. The Morgan fingerprint density at radius 3 is 2.48 bits per heavy atom. The summed E-state index contributed by atoms with van der Waals surface area (Å²) in [6, 6.07) is 11.5. The number of rotatable bonds is 6. The van der Waals surface area contributed by atoms with Gasteiger partial charge in [0.15, 0.2) is 0 Å². The number of hydrogen-bond acceptors (Lipinski definition) is 4. The van der Waals surface area contributed by atoms with Gasteiger partial charge in [-0.05, 0) is 24.3 Å². The lowest BCUT2D eigenvalue weighted by molar-refractivity contribution is 0.0942. The number of nitrogens with zero attached hydrogens (tertiary/aromatic N) is 2. The summed E-state index contributed by atoms with van der Waals surface area (Å²) in [6.07, 6.45) is -2.64. The van der Waals surface area contributed by atoms with Crippen molar-refractivity contribution in [2.75, 3.05) is 13.2 Å². The van der Waals surface area contributed by atoms with Gasteiger partial charge in [0.25, 0.3) is 17.9 Å². The summed E-state index contributed by atoms with van der Waals surface area (Å²) in [5.41, 5.74) is -0.630. The van der Waals surface area contributed by atoms with Crippen LogP contribution in [0.25, 0.3) is 16.9 Å². The Morgan fingerprint density at radius 1 is 1.14 bits per heavy atom. The Bertz CT molecular complexity index is 1080. The molecule has 29 heavy (non-hydrogen) atoms. The summed E-state index contributed by atoms with van der Waals surface area (Å²) < 4.78 is 40.1. The standard InChI is InChI=1S/C20H16F3N3O3/c21-14-2-1-3-15(10-14)26-20(29)16(19(28)24-8-9-27)11-17(25-26)12-4-6-13(7-5-12)18(22)23/h1-7,10-11,18,27H,8-9H2,(H,24,28). The van der Waals surface area contributed by atoms with E-state index >= 15 is 0 Å². The van der Waals surface area contributed by atoms with Gasteiger partial charge in [-0.2, -0.15) is 9.78 Å². The Hall–Kier alpha value is -3.46. The van der Waals surface area contributed by atoms with Crippen molar-refractivity contribution in [1.29, 1.82) is 0 Å². The normalized spacial score (nSPS) is 10.9. The molecule has 0 saturated carbocycles. The van der Waals surface area contributed by atoms with Crippen molar-refractivity contribution in [3.8, 4) is 16.9 Å². The fourth-order valence-corrected chi connectivity index (χ4v) is 2.65. The van der Waals surface area contributed by atoms with Crippen molar-refractivity contribution in [3.63, 3.8) is 0 Å². The molecule has 1 heterocycles. The van der Waals surface area contributed by atoms with Gasteiger partial charge in [-0.15, -0.1) is 0 Å². The molecule has 0 atom stereocenters. The average Bonchev–Trinajstić information content (AvgIpc) is 2.72. The maximum Gasteiger partial charge on any atom is 0.284 e. The maximum absolute atomic E-state index is 13.6. The molecule has 0 aliphatic carbocycles. The van der Waals surface area contributed by atoms with Crippen LogP contribution in [0, 0.1) is 5.82 Å². The van der Waals surface area contributed by atoms with Gasteiger partial charge in [-0.1, -0.05) is 30.3 Å². The fraction of sp³-hybridized carbons (Fsp3) is 0.150. The summed E-state index contributed by atoms with van der Waals surface area (Å²) in [6.45, 7) is -0.393. The topological polar surface area (TPSA) is 84.2 Å². The van der Waals surface area contributed by atoms with Crippen LogP contribution in [0.15, 0.2) is 59.4 Å². The SMILES string of the molecule is O=C(NCCO)c1cc(-c2ccc(C(F)F)cc2)nn(-c2cccc(F)c2)c1=O. The molecule has 2 aromatic carbocycles. The van der Waals surface area contributed by atoms with Gasteiger partial charge in [0.1, 0.15) is 11.4 Å². The van der Waals surface area contributed by atoms with E-state index in [2.05, 4.69) is 10.4 Å². The quantitative estimate of drug-likeness (QED) is 0.663. The maximum atomic E-state index is 13.6. The van der Waals surface area contributed by atoms with Crippen LogP contribution in [-0.2, 0) is 0 Å². The first kappa shape index (κ1) is 20.3. The highest BCUT2D eigenvalue weighted by atomic mass is 19.3. The molecule has 150 valence electrons. The number of hydrogen-bond donors (Lipinski definition) is 2. The first-order chi connectivity index (χ1) is 13.9. The van der Waals surface area contributed by atoms with E-state index in [4.69, 9.17) is 5.11 Å². The van der Waals surface area contributed by atoms with Crippen molar-refractivity contribution in [2.45, 2.75) is 6.43 Å². The van der Waals surface area contributed by atoms with Gasteiger partial charge in [-0.25, -0.2) is 13.2 Å². The van der Waals surface area contributed by atoms with Crippen molar-refractivity contribution in [3.05, 3.63) is 81.9 Å². The predicted octanol–water partition coefficient (Wildman–Crippen LogP) is 2.70. The summed E-state index contributed by atoms with van der Waals surface area (Å²) in [7, 11) is 0. The van der Waals surface area contributed by atoms with Gasteiger partial charge < -0.3 is 10.4 Å². The van der Waals surface area contributed by atoms with Gasteiger partial charge in [0, 0.05) is 17.7 Å². The van der Waals surface area contributed by atoms with Crippen LogP contribution < -0.4 is 10.9 Å². The van der Waals surface area contributed by atoms with E-state index in [1.54, 1.807) is 0 Å². The smallest absolute Gasteiger partial charge is 0.284 e. The van der Waals surface area contributed by atoms with Crippen molar-refractivity contribution >= 4 is 5.91 Å². The third-order valence-corrected chi connectivity index (χ3v) is 4.06. The number of halogens is 3. The zero-order valence-corrected chi connectivity index (χ0v) is 15.0. The minimum Gasteiger partial charge on any atom is -0.395 e. The van der Waals surface area contributed by atoms with Gasteiger partial charge >= 0.3 is 0 Å². The van der Waals surface area contributed by atoms with E-state index in [-0.39, 0.29) is 35.7 Å². The minimum atomic E-state index is -2.64. The summed E-state index contributed by atoms with van der Waals surface area (Å²) in [5, 5.41) is 15.4. The molecule has 0 bridgehead atoms. The first-order valence-corrected chi connectivity index (χ1v) is 8.58. The molecule has 0 aliphatic rings. The Labute approximate surface area is 163 Å². The predicted molar refractivity (Wildman–Crippen MR) is 99.6 cm³/mol. The van der Waals surface area contributed by atoms with Gasteiger partial charge in [-0.3, -0.25) is 9.59 Å². The van der Waals surface area contributed by atoms with Crippen LogP contribution in [0.3, 0.4) is 0 Å². The minimum absolute atomic E-state index is 0.0705. The summed E-state index contributed by atoms with van der Waals surface area (Å²) in [5.74, 6) is -1.35. The second-order valence-electron chi connectivity index (χ2n) is 6.04. The molecular formula is C20H16F3N3O3. The first-order valence-electron chi connectivity index (χ1n) is 8.58. The van der Waals surface area contributed by atoms with Crippen LogP contribution >= 0.6 is 0 Å². The van der Waals surface area contributed by atoms with Crippen molar-refractivity contribution in [1.82, 2.24) is 15.1 Å². The van der Waals surface area contributed by atoms with E-state index in [9.17, 15) is 22.8 Å². The van der Waals surface area contributed by atoms with Crippen molar-refractivity contribution in [2.24, 2.45) is 0 Å². The molecule has 3 rings (SSSR count). The molecular weight excluding hydrogens is 387 g/mol. The number of alkyl halides is 2. The molecule has 0 fully saturated rings. The number of carbonyl (C=O) groups is 1. The number of carbonyl (C=O) groups excluding carboxylic acids is 1. The van der Waals surface area contributed by atoms with E-state index in [0.717, 1.165) is 10.7 Å². The Kier molecular flexibility index (Phi) is 6.08. The molecule has 0 radical (unpaired) electrons. The number of aliphatic hydroxyl groups is 1. The van der Waals surface area contributed by atoms with Crippen LogP contribution in [0.2, 0.25) is 0 Å². The number of aromatic nitrogens is 2. The van der Waals surface area contributed by atoms with Crippen LogP contribution in [0.4, 0.5) is 13.2 Å². The summed E-state index contributed by atoms with van der Waals surface area (Å²) >= 11 is 0. The number of amides is 1. The molecule has 0 saturated heterocycles. The molecule has 9 heteroatoms. The molecule has 0 spiro atoms.